The summed E-state index contributed by atoms with van der Waals surface area (Å²) in [4.78, 5) is 1.23. The minimum atomic E-state index is 0.175. The molecule has 1 fully saturated rings. The van der Waals surface area contributed by atoms with Crippen LogP contribution < -0.4 is 5.32 Å². The van der Waals surface area contributed by atoms with E-state index < -0.39 is 0 Å². The second-order valence-corrected chi connectivity index (χ2v) is 5.83. The van der Waals surface area contributed by atoms with Crippen molar-refractivity contribution in [1.29, 1.82) is 0 Å². The Balaban J connectivity index is 1.46. The van der Waals surface area contributed by atoms with E-state index in [2.05, 4.69) is 22.6 Å². The summed E-state index contributed by atoms with van der Waals surface area (Å²) in [6, 6.07) is 12.3. The number of hydrogen-bond donors (Lipinski definition) is 1. The molecule has 1 N–H and O–H groups in total. The van der Waals surface area contributed by atoms with E-state index in [0.29, 0.717) is 6.61 Å². The van der Waals surface area contributed by atoms with Crippen LogP contribution in [-0.2, 0) is 17.1 Å². The van der Waals surface area contributed by atoms with Crippen LogP contribution in [-0.4, -0.2) is 17.9 Å². The van der Waals surface area contributed by atoms with Crippen LogP contribution in [0.2, 0.25) is 0 Å². The van der Waals surface area contributed by atoms with Crippen molar-refractivity contribution < 1.29 is 9.26 Å². The number of ether oxygens (including phenoxy) is 1. The third-order valence-corrected chi connectivity index (χ3v) is 4.21. The molecule has 1 aromatic carbocycles. The van der Waals surface area contributed by atoms with Crippen molar-refractivity contribution in [2.45, 2.75) is 36.3 Å². The molecule has 20 heavy (non-hydrogen) atoms. The molecule has 0 aliphatic carbocycles. The highest BCUT2D eigenvalue weighted by Crippen LogP contribution is 2.22. The molecule has 2 heterocycles. The van der Waals surface area contributed by atoms with Crippen LogP contribution in [0, 0.1) is 0 Å². The fourth-order valence-electron chi connectivity index (χ4n) is 2.14. The third kappa shape index (κ3) is 3.85. The van der Waals surface area contributed by atoms with Gasteiger partial charge >= 0.3 is 0 Å². The first-order valence-corrected chi connectivity index (χ1v) is 7.86. The van der Waals surface area contributed by atoms with Gasteiger partial charge < -0.3 is 9.26 Å². The Morgan fingerprint density at radius 2 is 2.25 bits per heavy atom. The third-order valence-electron chi connectivity index (χ3n) is 3.18. The summed E-state index contributed by atoms with van der Waals surface area (Å²) in [7, 11) is 0. The van der Waals surface area contributed by atoms with Gasteiger partial charge in [0.25, 0.3) is 0 Å². The first-order chi connectivity index (χ1) is 9.90. The average molecular weight is 290 g/mol. The molecule has 1 atom stereocenters. The highest BCUT2D eigenvalue weighted by atomic mass is 32.2. The van der Waals surface area contributed by atoms with Crippen molar-refractivity contribution in [3.8, 4) is 0 Å². The lowest BCUT2D eigenvalue weighted by molar-refractivity contribution is 0.0281. The molecule has 0 saturated carbocycles. The quantitative estimate of drug-likeness (QED) is 0.828. The van der Waals surface area contributed by atoms with Gasteiger partial charge in [0.15, 0.2) is 0 Å². The van der Waals surface area contributed by atoms with E-state index in [1.54, 1.807) is 11.8 Å². The van der Waals surface area contributed by atoms with Gasteiger partial charge in [0.05, 0.1) is 12.4 Å². The number of nitrogens with zero attached hydrogens (tertiary/aromatic N) is 1. The molecule has 3 rings (SSSR count). The summed E-state index contributed by atoms with van der Waals surface area (Å²) < 4.78 is 11.1. The van der Waals surface area contributed by atoms with Crippen LogP contribution in [0.5, 0.6) is 0 Å². The summed E-state index contributed by atoms with van der Waals surface area (Å²) in [6.07, 6.45) is 2.44. The molecule has 0 amide bonds. The minimum Gasteiger partial charge on any atom is -0.360 e. The van der Waals surface area contributed by atoms with Crippen molar-refractivity contribution in [3.05, 3.63) is 47.9 Å². The van der Waals surface area contributed by atoms with Gasteiger partial charge in [-0.15, -0.1) is 11.8 Å². The molecular formula is C15H18N2O2S. The van der Waals surface area contributed by atoms with Gasteiger partial charge in [-0.3, -0.25) is 5.32 Å². The minimum absolute atomic E-state index is 0.175. The van der Waals surface area contributed by atoms with Crippen molar-refractivity contribution in [2.75, 3.05) is 6.54 Å². The van der Waals surface area contributed by atoms with Gasteiger partial charge in [0, 0.05) is 11.0 Å². The van der Waals surface area contributed by atoms with Crippen molar-refractivity contribution in [2.24, 2.45) is 0 Å². The number of hydrogen-bond acceptors (Lipinski definition) is 5. The molecular weight excluding hydrogens is 272 g/mol. The van der Waals surface area contributed by atoms with Gasteiger partial charge in [-0.25, -0.2) is 0 Å². The molecule has 2 aromatic rings. The Hall–Kier alpha value is -1.30. The van der Waals surface area contributed by atoms with Gasteiger partial charge in [0.2, 0.25) is 0 Å². The largest absolute Gasteiger partial charge is 0.360 e. The summed E-state index contributed by atoms with van der Waals surface area (Å²) in [5, 5.41) is 7.34. The van der Waals surface area contributed by atoms with Gasteiger partial charge in [-0.05, 0) is 31.5 Å². The van der Waals surface area contributed by atoms with E-state index in [0.717, 1.165) is 30.2 Å². The lowest BCUT2D eigenvalue weighted by Gasteiger charge is -2.09. The van der Waals surface area contributed by atoms with E-state index in [9.17, 15) is 0 Å². The zero-order valence-corrected chi connectivity index (χ0v) is 12.1. The van der Waals surface area contributed by atoms with Crippen LogP contribution in [0.15, 0.2) is 45.8 Å². The van der Waals surface area contributed by atoms with Crippen LogP contribution in [0.25, 0.3) is 0 Å². The highest BCUT2D eigenvalue weighted by Gasteiger charge is 2.15. The summed E-state index contributed by atoms with van der Waals surface area (Å²) in [5.74, 6) is 1.68. The Labute approximate surface area is 122 Å². The predicted octanol–water partition coefficient (Wildman–Crippen LogP) is 3.19. The number of aromatic nitrogens is 1. The molecule has 5 heteroatoms. The first kappa shape index (κ1) is 13.7. The summed E-state index contributed by atoms with van der Waals surface area (Å²) in [6.45, 7) is 1.56. The number of thioether (sulfide) groups is 1. The van der Waals surface area contributed by atoms with E-state index in [4.69, 9.17) is 9.26 Å². The van der Waals surface area contributed by atoms with E-state index in [1.165, 1.54) is 11.3 Å². The molecule has 0 bridgehead atoms. The highest BCUT2D eigenvalue weighted by molar-refractivity contribution is 7.98. The molecule has 4 nitrogen and oxygen atoms in total. The standard InChI is InChI=1S/C15H18N2O2S/c1-2-5-14(6-3-1)20-11-13-9-12(17-19-13)10-18-15-7-4-8-16-15/h1-3,5-6,9,15-16H,4,7-8,10-11H2. The average Bonchev–Trinajstić information content (AvgIpc) is 3.16. The Morgan fingerprint density at radius 3 is 3.05 bits per heavy atom. The predicted molar refractivity (Wildman–Crippen MR) is 78.3 cm³/mol. The summed E-state index contributed by atoms with van der Waals surface area (Å²) in [5.41, 5.74) is 0.863. The SMILES string of the molecule is c1ccc(SCc2cc(COC3CCCN3)no2)cc1. The van der Waals surface area contributed by atoms with E-state index >= 15 is 0 Å². The number of benzene rings is 1. The Kier molecular flexibility index (Phi) is 4.73. The number of nitrogens with one attached hydrogen (secondary N) is 1. The zero-order chi connectivity index (χ0) is 13.6. The van der Waals surface area contributed by atoms with Crippen LogP contribution in [0.4, 0.5) is 0 Å². The topological polar surface area (TPSA) is 47.3 Å². The molecule has 1 saturated heterocycles. The molecule has 1 aliphatic rings. The zero-order valence-electron chi connectivity index (χ0n) is 11.2. The van der Waals surface area contributed by atoms with E-state index in [1.807, 2.05) is 24.3 Å². The van der Waals surface area contributed by atoms with E-state index in [-0.39, 0.29) is 6.23 Å². The van der Waals surface area contributed by atoms with Gasteiger partial charge in [0.1, 0.15) is 17.7 Å². The fourth-order valence-corrected chi connectivity index (χ4v) is 2.94. The molecule has 0 radical (unpaired) electrons. The summed E-state index contributed by atoms with van der Waals surface area (Å²) >= 11 is 1.74. The maximum Gasteiger partial charge on any atom is 0.147 e. The lowest BCUT2D eigenvalue weighted by atomic mass is 10.3. The van der Waals surface area contributed by atoms with Crippen molar-refractivity contribution in [3.63, 3.8) is 0 Å². The maximum atomic E-state index is 5.72. The maximum absolute atomic E-state index is 5.72. The van der Waals surface area contributed by atoms with Crippen molar-refractivity contribution in [1.82, 2.24) is 10.5 Å². The monoisotopic (exact) mass is 290 g/mol. The molecule has 0 spiro atoms. The number of rotatable bonds is 6. The molecule has 1 aromatic heterocycles. The fraction of sp³-hybridized carbons (Fsp3) is 0.400. The van der Waals surface area contributed by atoms with Crippen LogP contribution in [0.3, 0.4) is 0 Å². The van der Waals surface area contributed by atoms with Gasteiger partial charge in [-0.2, -0.15) is 0 Å². The molecule has 1 aliphatic heterocycles. The van der Waals surface area contributed by atoms with Gasteiger partial charge in [-0.1, -0.05) is 23.4 Å². The van der Waals surface area contributed by atoms with Crippen LogP contribution >= 0.6 is 11.8 Å². The second kappa shape index (κ2) is 6.92. The normalized spacial score (nSPS) is 18.5. The Morgan fingerprint density at radius 1 is 1.35 bits per heavy atom. The molecule has 1 unspecified atom stereocenters. The molecule has 106 valence electrons. The second-order valence-electron chi connectivity index (χ2n) is 4.78. The smallest absolute Gasteiger partial charge is 0.147 e. The van der Waals surface area contributed by atoms with Crippen LogP contribution in [0.1, 0.15) is 24.3 Å². The van der Waals surface area contributed by atoms with Crippen molar-refractivity contribution >= 4 is 11.8 Å². The first-order valence-electron chi connectivity index (χ1n) is 6.87. The Bertz CT molecular complexity index is 524. The lowest BCUT2D eigenvalue weighted by Crippen LogP contribution is -2.24.